The van der Waals surface area contributed by atoms with Crippen LogP contribution in [0.3, 0.4) is 0 Å². The summed E-state index contributed by atoms with van der Waals surface area (Å²) in [5.41, 5.74) is 7.80. The van der Waals surface area contributed by atoms with Crippen LogP contribution in [0.5, 0.6) is 5.75 Å². The Hall–Kier alpha value is -1.55. The number of hydrogen-bond donors (Lipinski definition) is 2. The second-order valence-electron chi connectivity index (χ2n) is 5.86. The van der Waals surface area contributed by atoms with Crippen molar-refractivity contribution < 1.29 is 9.53 Å². The smallest absolute Gasteiger partial charge is 0.258 e. The van der Waals surface area contributed by atoms with E-state index in [1.165, 1.54) is 25.7 Å². The molecule has 0 radical (unpaired) electrons. The van der Waals surface area contributed by atoms with Crippen LogP contribution >= 0.6 is 0 Å². The van der Waals surface area contributed by atoms with Crippen molar-refractivity contribution in [2.75, 3.05) is 6.61 Å². The molecule has 1 amide bonds. The third-order valence-corrected chi connectivity index (χ3v) is 4.01. The Kier molecular flexibility index (Phi) is 6.05. The molecular formula is C17H26N2O2. The molecule has 0 aliphatic heterocycles. The zero-order chi connectivity index (χ0) is 15.1. The molecule has 3 N–H and O–H groups in total. The fraction of sp³-hybridized carbons (Fsp3) is 0.588. The van der Waals surface area contributed by atoms with E-state index in [-0.39, 0.29) is 12.5 Å². The van der Waals surface area contributed by atoms with Gasteiger partial charge in [-0.1, -0.05) is 43.4 Å². The molecule has 1 aromatic rings. The Morgan fingerprint density at radius 1 is 1.29 bits per heavy atom. The van der Waals surface area contributed by atoms with Gasteiger partial charge in [0.25, 0.3) is 5.91 Å². The van der Waals surface area contributed by atoms with Crippen LogP contribution in [0, 0.1) is 6.92 Å². The largest absolute Gasteiger partial charge is 0.483 e. The third-order valence-electron chi connectivity index (χ3n) is 4.01. The first kappa shape index (κ1) is 15.8. The van der Waals surface area contributed by atoms with Gasteiger partial charge in [-0.2, -0.15) is 0 Å². The molecule has 0 atom stereocenters. The minimum absolute atomic E-state index is 0.0366. The zero-order valence-electron chi connectivity index (χ0n) is 12.9. The van der Waals surface area contributed by atoms with Crippen LogP contribution in [-0.4, -0.2) is 18.6 Å². The Morgan fingerprint density at radius 3 is 2.67 bits per heavy atom. The molecule has 0 unspecified atom stereocenters. The summed E-state index contributed by atoms with van der Waals surface area (Å²) in [6.07, 6.45) is 7.16. The number of nitrogens with two attached hydrogens (primary N) is 1. The van der Waals surface area contributed by atoms with E-state index >= 15 is 0 Å². The van der Waals surface area contributed by atoms with E-state index < -0.39 is 0 Å². The van der Waals surface area contributed by atoms with E-state index in [4.69, 9.17) is 10.5 Å². The number of rotatable bonds is 5. The quantitative estimate of drug-likeness (QED) is 0.819. The fourth-order valence-corrected chi connectivity index (χ4v) is 2.84. The van der Waals surface area contributed by atoms with Gasteiger partial charge in [0.15, 0.2) is 6.61 Å². The van der Waals surface area contributed by atoms with E-state index in [9.17, 15) is 4.79 Å². The molecule has 4 nitrogen and oxygen atoms in total. The highest BCUT2D eigenvalue weighted by molar-refractivity contribution is 5.77. The van der Waals surface area contributed by atoms with Crippen molar-refractivity contribution in [2.45, 2.75) is 58.0 Å². The average Bonchev–Trinajstić information content (AvgIpc) is 2.74. The lowest BCUT2D eigenvalue weighted by Gasteiger charge is -2.17. The highest BCUT2D eigenvalue weighted by atomic mass is 16.5. The minimum Gasteiger partial charge on any atom is -0.483 e. The van der Waals surface area contributed by atoms with Gasteiger partial charge in [-0.15, -0.1) is 0 Å². The standard InChI is InChI=1S/C17H26N2O2/c1-13-8-9-16(14(10-13)11-18)21-12-17(20)19-15-6-4-2-3-5-7-15/h8-10,15H,2-7,11-12,18H2,1H3,(H,19,20). The van der Waals surface area contributed by atoms with Crippen molar-refractivity contribution in [1.82, 2.24) is 5.32 Å². The van der Waals surface area contributed by atoms with Crippen LogP contribution in [0.25, 0.3) is 0 Å². The van der Waals surface area contributed by atoms with Gasteiger partial charge in [0.2, 0.25) is 0 Å². The minimum atomic E-state index is -0.0366. The van der Waals surface area contributed by atoms with Crippen molar-refractivity contribution >= 4 is 5.91 Å². The summed E-state index contributed by atoms with van der Waals surface area (Å²) in [5, 5.41) is 3.08. The van der Waals surface area contributed by atoms with Gasteiger partial charge in [0.05, 0.1) is 0 Å². The van der Waals surface area contributed by atoms with E-state index in [1.54, 1.807) is 0 Å². The molecule has 2 rings (SSSR count). The Morgan fingerprint density at radius 2 is 2.00 bits per heavy atom. The normalized spacial score (nSPS) is 16.3. The summed E-state index contributed by atoms with van der Waals surface area (Å²) in [5.74, 6) is 0.671. The van der Waals surface area contributed by atoms with Gasteiger partial charge >= 0.3 is 0 Å². The van der Waals surface area contributed by atoms with Crippen molar-refractivity contribution in [3.05, 3.63) is 29.3 Å². The lowest BCUT2D eigenvalue weighted by Crippen LogP contribution is -2.37. The molecule has 21 heavy (non-hydrogen) atoms. The highest BCUT2D eigenvalue weighted by Crippen LogP contribution is 2.20. The molecular weight excluding hydrogens is 264 g/mol. The van der Waals surface area contributed by atoms with Gasteiger partial charge in [0.1, 0.15) is 5.75 Å². The summed E-state index contributed by atoms with van der Waals surface area (Å²) in [6, 6.07) is 6.17. The number of benzene rings is 1. The number of nitrogens with one attached hydrogen (secondary N) is 1. The molecule has 1 saturated carbocycles. The molecule has 116 valence electrons. The lowest BCUT2D eigenvalue weighted by molar-refractivity contribution is -0.123. The maximum atomic E-state index is 12.0. The Balaban J connectivity index is 1.83. The van der Waals surface area contributed by atoms with Crippen molar-refractivity contribution in [1.29, 1.82) is 0 Å². The number of carbonyl (C=O) groups excluding carboxylic acids is 1. The number of carbonyl (C=O) groups is 1. The first-order valence-corrected chi connectivity index (χ1v) is 7.91. The van der Waals surface area contributed by atoms with Gasteiger partial charge in [-0.25, -0.2) is 0 Å². The Labute approximate surface area is 127 Å². The maximum Gasteiger partial charge on any atom is 0.258 e. The average molecular weight is 290 g/mol. The van der Waals surface area contributed by atoms with Crippen LogP contribution < -0.4 is 15.8 Å². The number of hydrogen-bond acceptors (Lipinski definition) is 3. The predicted molar refractivity (Wildman–Crippen MR) is 84.2 cm³/mol. The van der Waals surface area contributed by atoms with Crippen LogP contribution in [0.1, 0.15) is 49.7 Å². The lowest BCUT2D eigenvalue weighted by atomic mass is 10.1. The molecule has 1 aliphatic rings. The summed E-state index contributed by atoms with van der Waals surface area (Å²) in [6.45, 7) is 2.50. The molecule has 0 bridgehead atoms. The van der Waals surface area contributed by atoms with E-state index in [2.05, 4.69) is 5.32 Å². The number of amides is 1. The summed E-state index contributed by atoms with van der Waals surface area (Å²) >= 11 is 0. The van der Waals surface area contributed by atoms with Crippen molar-refractivity contribution in [3.8, 4) is 5.75 Å². The molecule has 1 aliphatic carbocycles. The first-order chi connectivity index (χ1) is 10.2. The topological polar surface area (TPSA) is 64.3 Å². The maximum absolute atomic E-state index is 12.0. The zero-order valence-corrected chi connectivity index (χ0v) is 12.9. The van der Waals surface area contributed by atoms with E-state index in [0.717, 1.165) is 24.0 Å². The molecule has 0 aromatic heterocycles. The Bertz CT molecular complexity index is 466. The fourth-order valence-electron chi connectivity index (χ4n) is 2.84. The van der Waals surface area contributed by atoms with Gasteiger partial charge in [-0.3, -0.25) is 4.79 Å². The molecule has 0 heterocycles. The molecule has 1 aromatic carbocycles. The summed E-state index contributed by atoms with van der Waals surface area (Å²) in [4.78, 5) is 12.0. The van der Waals surface area contributed by atoms with Crippen LogP contribution in [0.4, 0.5) is 0 Å². The van der Waals surface area contributed by atoms with E-state index in [1.807, 2.05) is 25.1 Å². The van der Waals surface area contributed by atoms with Crippen LogP contribution in [0.15, 0.2) is 18.2 Å². The van der Waals surface area contributed by atoms with Gasteiger partial charge in [0, 0.05) is 18.2 Å². The van der Waals surface area contributed by atoms with Crippen molar-refractivity contribution in [3.63, 3.8) is 0 Å². The second kappa shape index (κ2) is 8.03. The number of ether oxygens (including phenoxy) is 1. The predicted octanol–water partition coefficient (Wildman–Crippen LogP) is 2.67. The molecule has 0 saturated heterocycles. The first-order valence-electron chi connectivity index (χ1n) is 7.91. The van der Waals surface area contributed by atoms with E-state index in [0.29, 0.717) is 18.3 Å². The summed E-state index contributed by atoms with van der Waals surface area (Å²) in [7, 11) is 0. The van der Waals surface area contributed by atoms with Crippen LogP contribution in [-0.2, 0) is 11.3 Å². The second-order valence-corrected chi connectivity index (χ2v) is 5.86. The molecule has 0 spiro atoms. The van der Waals surface area contributed by atoms with Gasteiger partial charge < -0.3 is 15.8 Å². The SMILES string of the molecule is Cc1ccc(OCC(=O)NC2CCCCCC2)c(CN)c1. The summed E-state index contributed by atoms with van der Waals surface area (Å²) < 4.78 is 5.63. The van der Waals surface area contributed by atoms with Crippen molar-refractivity contribution in [2.24, 2.45) is 5.73 Å². The highest BCUT2D eigenvalue weighted by Gasteiger charge is 2.15. The number of aryl methyl sites for hydroxylation is 1. The molecule has 1 fully saturated rings. The van der Waals surface area contributed by atoms with Gasteiger partial charge in [-0.05, 0) is 25.8 Å². The molecule has 4 heteroatoms. The van der Waals surface area contributed by atoms with Crippen LogP contribution in [0.2, 0.25) is 0 Å². The monoisotopic (exact) mass is 290 g/mol. The third kappa shape index (κ3) is 5.05.